The van der Waals surface area contributed by atoms with Gasteiger partial charge in [0, 0.05) is 17.5 Å². The second-order valence-corrected chi connectivity index (χ2v) is 6.29. The Kier molecular flexibility index (Phi) is 4.31. The first-order chi connectivity index (χ1) is 7.84. The Hall–Kier alpha value is -0.930. The zero-order valence-corrected chi connectivity index (χ0v) is 10.9. The second-order valence-electron chi connectivity index (χ2n) is 3.61. The van der Waals surface area contributed by atoms with Gasteiger partial charge < -0.3 is 5.32 Å². The van der Waals surface area contributed by atoms with E-state index in [-0.39, 0.29) is 0 Å². The Morgan fingerprint density at radius 2 is 2.00 bits per heavy atom. The zero-order chi connectivity index (χ0) is 11.2. The third-order valence-electron chi connectivity index (χ3n) is 2.18. The maximum absolute atomic E-state index is 3.44. The average molecular weight is 249 g/mol. The monoisotopic (exact) mass is 249 g/mol. The number of benzene rings is 1. The van der Waals surface area contributed by atoms with E-state index in [9.17, 15) is 0 Å². The molecule has 1 heterocycles. The summed E-state index contributed by atoms with van der Waals surface area (Å²) in [5, 5.41) is 6.15. The van der Waals surface area contributed by atoms with E-state index in [1.807, 2.05) is 29.2 Å². The molecule has 2 rings (SSSR count). The third kappa shape index (κ3) is 3.58. The summed E-state index contributed by atoms with van der Waals surface area (Å²) in [4.78, 5) is 0. The van der Waals surface area contributed by atoms with Crippen molar-refractivity contribution in [1.29, 1.82) is 0 Å². The van der Waals surface area contributed by atoms with E-state index in [0.29, 0.717) is 5.25 Å². The van der Waals surface area contributed by atoms with Crippen molar-refractivity contribution in [2.75, 3.05) is 11.9 Å². The lowest BCUT2D eigenvalue weighted by Crippen LogP contribution is -2.12. The summed E-state index contributed by atoms with van der Waals surface area (Å²) in [6, 6.07) is 14.6. The number of nitrogens with one attached hydrogen (secondary N) is 1. The van der Waals surface area contributed by atoms with Crippen molar-refractivity contribution in [3.05, 3.63) is 47.8 Å². The highest BCUT2D eigenvalue weighted by molar-refractivity contribution is 8.01. The molecule has 0 saturated carbocycles. The minimum atomic E-state index is 0.582. The van der Waals surface area contributed by atoms with E-state index in [0.717, 1.165) is 6.54 Å². The topological polar surface area (TPSA) is 12.0 Å². The number of para-hydroxylation sites is 1. The molecule has 0 amide bonds. The molecule has 0 aliphatic carbocycles. The van der Waals surface area contributed by atoms with E-state index in [4.69, 9.17) is 0 Å². The second kappa shape index (κ2) is 5.97. The van der Waals surface area contributed by atoms with Crippen LogP contribution in [0.2, 0.25) is 0 Å². The van der Waals surface area contributed by atoms with Crippen molar-refractivity contribution < 1.29 is 0 Å². The first kappa shape index (κ1) is 11.6. The van der Waals surface area contributed by atoms with Crippen molar-refractivity contribution in [3.63, 3.8) is 0 Å². The predicted molar refractivity (Wildman–Crippen MR) is 74.6 cm³/mol. The summed E-state index contributed by atoms with van der Waals surface area (Å²) >= 11 is 3.73. The Balaban J connectivity index is 1.78. The first-order valence-electron chi connectivity index (χ1n) is 5.33. The molecule has 0 aliphatic rings. The van der Waals surface area contributed by atoms with Gasteiger partial charge in [0.1, 0.15) is 0 Å². The van der Waals surface area contributed by atoms with Gasteiger partial charge in [0.2, 0.25) is 0 Å². The van der Waals surface area contributed by atoms with Crippen LogP contribution in [0.5, 0.6) is 0 Å². The van der Waals surface area contributed by atoms with Crippen molar-refractivity contribution in [2.45, 2.75) is 16.4 Å². The average Bonchev–Trinajstić information content (AvgIpc) is 2.81. The van der Waals surface area contributed by atoms with Crippen LogP contribution in [0, 0.1) is 0 Å². The summed E-state index contributed by atoms with van der Waals surface area (Å²) in [5.41, 5.74) is 1.20. The van der Waals surface area contributed by atoms with Gasteiger partial charge in [-0.3, -0.25) is 0 Å². The number of thioether (sulfide) groups is 1. The quantitative estimate of drug-likeness (QED) is 0.791. The van der Waals surface area contributed by atoms with Gasteiger partial charge in [0.05, 0.1) is 4.21 Å². The van der Waals surface area contributed by atoms with Crippen molar-refractivity contribution in [1.82, 2.24) is 0 Å². The maximum atomic E-state index is 3.44. The summed E-state index contributed by atoms with van der Waals surface area (Å²) in [6.45, 7) is 3.24. The fourth-order valence-corrected chi connectivity index (χ4v) is 3.44. The van der Waals surface area contributed by atoms with Crippen molar-refractivity contribution >= 4 is 28.8 Å². The summed E-state index contributed by atoms with van der Waals surface area (Å²) in [6.07, 6.45) is 0. The fraction of sp³-hybridized carbons (Fsp3) is 0.231. The highest BCUT2D eigenvalue weighted by Gasteiger charge is 2.04. The molecule has 0 spiro atoms. The number of rotatable bonds is 5. The molecule has 1 aromatic carbocycles. The van der Waals surface area contributed by atoms with Gasteiger partial charge >= 0.3 is 0 Å². The third-order valence-corrected chi connectivity index (χ3v) is 4.36. The van der Waals surface area contributed by atoms with Gasteiger partial charge in [-0.2, -0.15) is 0 Å². The Bertz CT molecular complexity index is 397. The van der Waals surface area contributed by atoms with Crippen molar-refractivity contribution in [2.24, 2.45) is 0 Å². The van der Waals surface area contributed by atoms with E-state index in [2.05, 4.69) is 54.0 Å². The van der Waals surface area contributed by atoms with Crippen LogP contribution in [-0.2, 0) is 0 Å². The lowest BCUT2D eigenvalue weighted by molar-refractivity contribution is 1.00. The summed E-state index contributed by atoms with van der Waals surface area (Å²) in [5.74, 6) is 0. The highest BCUT2D eigenvalue weighted by Crippen LogP contribution is 2.27. The molecule has 16 heavy (non-hydrogen) atoms. The van der Waals surface area contributed by atoms with E-state index < -0.39 is 0 Å². The zero-order valence-electron chi connectivity index (χ0n) is 9.22. The Morgan fingerprint density at radius 1 is 1.19 bits per heavy atom. The van der Waals surface area contributed by atoms with Crippen LogP contribution >= 0.6 is 23.1 Å². The molecule has 2 aromatic rings. The van der Waals surface area contributed by atoms with E-state index in [1.54, 1.807) is 0 Å². The summed E-state index contributed by atoms with van der Waals surface area (Å²) in [7, 11) is 0. The molecule has 0 aliphatic heterocycles. The molecule has 0 fully saturated rings. The van der Waals surface area contributed by atoms with Gasteiger partial charge in [-0.15, -0.1) is 23.1 Å². The molecular weight excluding hydrogens is 234 g/mol. The van der Waals surface area contributed by atoms with Crippen LogP contribution < -0.4 is 5.32 Å². The minimum absolute atomic E-state index is 0.582. The first-order valence-corrected chi connectivity index (χ1v) is 7.09. The molecule has 0 bridgehead atoms. The highest BCUT2D eigenvalue weighted by atomic mass is 32.2. The predicted octanol–water partition coefficient (Wildman–Crippen LogP) is 4.34. The maximum Gasteiger partial charge on any atom is 0.0601 e. The Morgan fingerprint density at radius 3 is 2.69 bits per heavy atom. The van der Waals surface area contributed by atoms with Gasteiger partial charge in [0.25, 0.3) is 0 Å². The van der Waals surface area contributed by atoms with E-state index in [1.165, 1.54) is 9.90 Å². The van der Waals surface area contributed by atoms with Crippen LogP contribution in [0.15, 0.2) is 52.1 Å². The van der Waals surface area contributed by atoms with Gasteiger partial charge in [0.15, 0.2) is 0 Å². The van der Waals surface area contributed by atoms with Gasteiger partial charge in [-0.05, 0) is 23.6 Å². The van der Waals surface area contributed by atoms with Crippen LogP contribution in [-0.4, -0.2) is 11.8 Å². The number of anilines is 1. The molecule has 1 N–H and O–H groups in total. The SMILES string of the molecule is CC(CNc1ccccc1)Sc1cccs1. The molecule has 1 nitrogen and oxygen atoms in total. The van der Waals surface area contributed by atoms with Crippen LogP contribution in [0.25, 0.3) is 0 Å². The molecule has 1 unspecified atom stereocenters. The number of hydrogen-bond donors (Lipinski definition) is 1. The standard InChI is InChI=1S/C13H15NS2/c1-11(16-13-8-5-9-15-13)10-14-12-6-3-2-4-7-12/h2-9,11,14H,10H2,1H3. The van der Waals surface area contributed by atoms with Gasteiger partial charge in [-0.1, -0.05) is 31.2 Å². The smallest absolute Gasteiger partial charge is 0.0601 e. The van der Waals surface area contributed by atoms with Crippen LogP contribution in [0.3, 0.4) is 0 Å². The fourth-order valence-electron chi connectivity index (χ4n) is 1.39. The molecular formula is C13H15NS2. The van der Waals surface area contributed by atoms with E-state index >= 15 is 0 Å². The Labute approximate surface area is 105 Å². The molecule has 3 heteroatoms. The van der Waals surface area contributed by atoms with Crippen LogP contribution in [0.1, 0.15) is 6.92 Å². The molecule has 1 aromatic heterocycles. The lowest BCUT2D eigenvalue weighted by Gasteiger charge is -2.12. The minimum Gasteiger partial charge on any atom is -0.384 e. The van der Waals surface area contributed by atoms with Gasteiger partial charge in [-0.25, -0.2) is 0 Å². The molecule has 0 saturated heterocycles. The van der Waals surface area contributed by atoms with Crippen molar-refractivity contribution in [3.8, 4) is 0 Å². The number of hydrogen-bond acceptors (Lipinski definition) is 3. The lowest BCUT2D eigenvalue weighted by atomic mass is 10.3. The number of thiophene rings is 1. The molecule has 84 valence electrons. The summed E-state index contributed by atoms with van der Waals surface area (Å²) < 4.78 is 1.39. The van der Waals surface area contributed by atoms with Crippen LogP contribution in [0.4, 0.5) is 5.69 Å². The molecule has 1 atom stereocenters. The normalized spacial score (nSPS) is 12.3. The largest absolute Gasteiger partial charge is 0.384 e. The molecule has 0 radical (unpaired) electrons.